The summed E-state index contributed by atoms with van der Waals surface area (Å²) in [6, 6.07) is 12.7. The second kappa shape index (κ2) is 7.00. The molecule has 5 nitrogen and oxygen atoms in total. The summed E-state index contributed by atoms with van der Waals surface area (Å²) in [6.45, 7) is 0. The molecule has 0 aliphatic rings. The minimum atomic E-state index is -1.12. The molecule has 114 valence electrons. The zero-order chi connectivity index (χ0) is 16.8. The van der Waals surface area contributed by atoms with E-state index in [2.05, 4.69) is 5.32 Å². The Labute approximate surface area is 131 Å². The number of rotatable bonds is 4. The van der Waals surface area contributed by atoms with Crippen molar-refractivity contribution in [1.29, 1.82) is 5.26 Å². The molecule has 0 unspecified atom stereocenters. The van der Waals surface area contributed by atoms with Crippen LogP contribution in [-0.2, 0) is 4.79 Å². The predicted molar refractivity (Wildman–Crippen MR) is 82.0 cm³/mol. The largest absolute Gasteiger partial charge is 0.478 e. The van der Waals surface area contributed by atoms with Crippen molar-refractivity contribution in [2.75, 3.05) is 5.32 Å². The summed E-state index contributed by atoms with van der Waals surface area (Å²) in [6.07, 6.45) is 1.32. The van der Waals surface area contributed by atoms with Crippen LogP contribution in [0.15, 0.2) is 54.1 Å². The number of amides is 1. The summed E-state index contributed by atoms with van der Waals surface area (Å²) in [5.41, 5.74) is 0.591. The van der Waals surface area contributed by atoms with E-state index in [-0.39, 0.29) is 16.8 Å². The summed E-state index contributed by atoms with van der Waals surface area (Å²) in [5.74, 6) is -2.22. The highest BCUT2D eigenvalue weighted by atomic mass is 19.1. The van der Waals surface area contributed by atoms with Gasteiger partial charge in [0.1, 0.15) is 17.5 Å². The first-order chi connectivity index (χ1) is 11.0. The summed E-state index contributed by atoms with van der Waals surface area (Å²) in [4.78, 5) is 23.0. The van der Waals surface area contributed by atoms with Crippen molar-refractivity contribution in [3.05, 3.63) is 71.0 Å². The van der Waals surface area contributed by atoms with Crippen LogP contribution < -0.4 is 5.32 Å². The fourth-order valence-electron chi connectivity index (χ4n) is 1.80. The van der Waals surface area contributed by atoms with Gasteiger partial charge in [-0.05, 0) is 42.0 Å². The Morgan fingerprint density at radius 1 is 1.17 bits per heavy atom. The Morgan fingerprint density at radius 3 is 2.48 bits per heavy atom. The highest BCUT2D eigenvalue weighted by molar-refractivity contribution is 6.10. The molecule has 0 saturated heterocycles. The summed E-state index contributed by atoms with van der Waals surface area (Å²) in [5, 5.41) is 20.4. The molecule has 2 aromatic carbocycles. The van der Waals surface area contributed by atoms with Gasteiger partial charge in [0.25, 0.3) is 5.91 Å². The summed E-state index contributed by atoms with van der Waals surface area (Å²) >= 11 is 0. The van der Waals surface area contributed by atoms with Gasteiger partial charge in [0.05, 0.1) is 5.56 Å². The van der Waals surface area contributed by atoms with Crippen LogP contribution >= 0.6 is 0 Å². The molecule has 0 radical (unpaired) electrons. The number of nitrogens with zero attached hydrogens (tertiary/aromatic N) is 1. The number of carbonyl (C=O) groups is 2. The average Bonchev–Trinajstić information content (AvgIpc) is 2.54. The SMILES string of the molecule is N#C/C(=C/c1ccc(F)cc1)C(=O)Nc1cccc(C(=O)O)c1. The number of nitrogens with one attached hydrogen (secondary N) is 1. The molecule has 0 spiro atoms. The number of hydrogen-bond acceptors (Lipinski definition) is 3. The van der Waals surface area contributed by atoms with Gasteiger partial charge in [0.2, 0.25) is 0 Å². The van der Waals surface area contributed by atoms with Crippen molar-refractivity contribution >= 4 is 23.6 Å². The van der Waals surface area contributed by atoms with E-state index in [0.29, 0.717) is 5.56 Å². The molecule has 0 aliphatic carbocycles. The van der Waals surface area contributed by atoms with Crippen LogP contribution in [0.1, 0.15) is 15.9 Å². The third-order valence-corrected chi connectivity index (χ3v) is 2.91. The Hall–Kier alpha value is -3.46. The number of carboxylic acids is 1. The van der Waals surface area contributed by atoms with E-state index in [0.717, 1.165) is 0 Å². The van der Waals surface area contributed by atoms with E-state index in [1.165, 1.54) is 54.6 Å². The first kappa shape index (κ1) is 15.9. The number of nitriles is 1. The van der Waals surface area contributed by atoms with Crippen molar-refractivity contribution < 1.29 is 19.1 Å². The Balaban J connectivity index is 2.21. The van der Waals surface area contributed by atoms with Gasteiger partial charge in [-0.15, -0.1) is 0 Å². The minimum absolute atomic E-state index is 0.0174. The van der Waals surface area contributed by atoms with Crippen LogP contribution in [0.4, 0.5) is 10.1 Å². The van der Waals surface area contributed by atoms with Gasteiger partial charge in [0, 0.05) is 5.69 Å². The van der Waals surface area contributed by atoms with Gasteiger partial charge in [0.15, 0.2) is 0 Å². The molecule has 6 heteroatoms. The lowest BCUT2D eigenvalue weighted by atomic mass is 10.1. The van der Waals surface area contributed by atoms with Crippen LogP contribution in [0.5, 0.6) is 0 Å². The van der Waals surface area contributed by atoms with E-state index >= 15 is 0 Å². The number of carboxylic acid groups (broad SMARTS) is 1. The van der Waals surface area contributed by atoms with Crippen molar-refractivity contribution in [2.45, 2.75) is 0 Å². The normalized spacial score (nSPS) is 10.7. The van der Waals surface area contributed by atoms with E-state index in [1.54, 1.807) is 6.07 Å². The van der Waals surface area contributed by atoms with E-state index < -0.39 is 17.7 Å². The zero-order valence-electron chi connectivity index (χ0n) is 11.8. The third kappa shape index (κ3) is 4.25. The molecular weight excluding hydrogens is 299 g/mol. The minimum Gasteiger partial charge on any atom is -0.478 e. The van der Waals surface area contributed by atoms with Crippen molar-refractivity contribution in [3.63, 3.8) is 0 Å². The molecule has 1 amide bonds. The van der Waals surface area contributed by atoms with E-state index in [1.807, 2.05) is 0 Å². The predicted octanol–water partition coefficient (Wildman–Crippen LogP) is 3.07. The number of hydrogen-bond donors (Lipinski definition) is 2. The lowest BCUT2D eigenvalue weighted by molar-refractivity contribution is -0.112. The molecule has 2 N–H and O–H groups in total. The maximum Gasteiger partial charge on any atom is 0.335 e. The van der Waals surface area contributed by atoms with Gasteiger partial charge < -0.3 is 10.4 Å². The maximum atomic E-state index is 12.8. The van der Waals surface area contributed by atoms with Crippen LogP contribution in [0.25, 0.3) is 6.08 Å². The lowest BCUT2D eigenvalue weighted by Gasteiger charge is -2.05. The van der Waals surface area contributed by atoms with Gasteiger partial charge in [-0.3, -0.25) is 4.79 Å². The Kier molecular flexibility index (Phi) is 4.85. The molecule has 0 heterocycles. The van der Waals surface area contributed by atoms with Crippen molar-refractivity contribution in [2.24, 2.45) is 0 Å². The second-order valence-corrected chi connectivity index (χ2v) is 4.56. The molecule has 23 heavy (non-hydrogen) atoms. The maximum absolute atomic E-state index is 12.8. The molecule has 2 aromatic rings. The monoisotopic (exact) mass is 310 g/mol. The van der Waals surface area contributed by atoms with Gasteiger partial charge >= 0.3 is 5.97 Å². The molecular formula is C17H11FN2O3. The quantitative estimate of drug-likeness (QED) is 0.670. The first-order valence-corrected chi connectivity index (χ1v) is 6.51. The number of benzene rings is 2. The van der Waals surface area contributed by atoms with Gasteiger partial charge in [-0.25, -0.2) is 9.18 Å². The van der Waals surface area contributed by atoms with E-state index in [4.69, 9.17) is 10.4 Å². The molecule has 0 aromatic heterocycles. The second-order valence-electron chi connectivity index (χ2n) is 4.56. The summed E-state index contributed by atoms with van der Waals surface area (Å²) in [7, 11) is 0. The molecule has 0 aliphatic heterocycles. The fraction of sp³-hybridized carbons (Fsp3) is 0. The number of anilines is 1. The molecule has 0 bridgehead atoms. The molecule has 0 fully saturated rings. The fourth-order valence-corrected chi connectivity index (χ4v) is 1.80. The van der Waals surface area contributed by atoms with Crippen molar-refractivity contribution in [1.82, 2.24) is 0 Å². The van der Waals surface area contributed by atoms with Crippen LogP contribution in [0.3, 0.4) is 0 Å². The van der Waals surface area contributed by atoms with Crippen LogP contribution in [0.2, 0.25) is 0 Å². The summed E-state index contributed by atoms with van der Waals surface area (Å²) < 4.78 is 12.8. The molecule has 0 saturated carbocycles. The standard InChI is InChI=1S/C17H11FN2O3/c18-14-6-4-11(5-7-14)8-13(10-19)16(21)20-15-3-1-2-12(9-15)17(22)23/h1-9H,(H,20,21)(H,22,23)/b13-8-. The molecule has 0 atom stereocenters. The van der Waals surface area contributed by atoms with Gasteiger partial charge in [-0.2, -0.15) is 5.26 Å². The first-order valence-electron chi connectivity index (χ1n) is 6.51. The van der Waals surface area contributed by atoms with Crippen LogP contribution in [0, 0.1) is 17.1 Å². The highest BCUT2D eigenvalue weighted by Gasteiger charge is 2.11. The van der Waals surface area contributed by atoms with Crippen molar-refractivity contribution in [3.8, 4) is 6.07 Å². The van der Waals surface area contributed by atoms with Crippen LogP contribution in [-0.4, -0.2) is 17.0 Å². The number of halogens is 1. The number of carbonyl (C=O) groups excluding carboxylic acids is 1. The van der Waals surface area contributed by atoms with E-state index in [9.17, 15) is 14.0 Å². The molecule has 2 rings (SSSR count). The average molecular weight is 310 g/mol. The van der Waals surface area contributed by atoms with Gasteiger partial charge in [-0.1, -0.05) is 18.2 Å². The Bertz CT molecular complexity index is 820. The third-order valence-electron chi connectivity index (χ3n) is 2.91. The smallest absolute Gasteiger partial charge is 0.335 e. The zero-order valence-corrected chi connectivity index (χ0v) is 11.8. The highest BCUT2D eigenvalue weighted by Crippen LogP contribution is 2.14. The number of aromatic carboxylic acids is 1. The lowest BCUT2D eigenvalue weighted by Crippen LogP contribution is -2.13. The topological polar surface area (TPSA) is 90.2 Å². The Morgan fingerprint density at radius 2 is 1.87 bits per heavy atom.